The Morgan fingerprint density at radius 3 is 2.52 bits per heavy atom. The molecule has 0 radical (unpaired) electrons. The SMILES string of the molecule is O=C(c1ccccn1)N(Cc1cnc2ccccn12)c1ccccc1. The van der Waals surface area contributed by atoms with E-state index in [1.54, 1.807) is 29.4 Å². The molecule has 0 bridgehead atoms. The van der Waals surface area contributed by atoms with Gasteiger partial charge in [0, 0.05) is 18.1 Å². The van der Waals surface area contributed by atoms with Crippen LogP contribution in [0.25, 0.3) is 5.65 Å². The normalized spacial score (nSPS) is 10.7. The smallest absolute Gasteiger partial charge is 0.277 e. The number of aromatic nitrogens is 3. The second-order valence-corrected chi connectivity index (χ2v) is 5.62. The summed E-state index contributed by atoms with van der Waals surface area (Å²) in [5, 5.41) is 0. The third-order valence-electron chi connectivity index (χ3n) is 4.01. The molecule has 0 spiro atoms. The van der Waals surface area contributed by atoms with Crippen molar-refractivity contribution in [3.8, 4) is 0 Å². The van der Waals surface area contributed by atoms with E-state index in [-0.39, 0.29) is 5.91 Å². The topological polar surface area (TPSA) is 50.5 Å². The molecule has 0 aliphatic carbocycles. The maximum atomic E-state index is 13.0. The third kappa shape index (κ3) is 2.99. The Hall–Kier alpha value is -3.47. The lowest BCUT2D eigenvalue weighted by atomic mass is 10.2. The molecule has 1 aromatic carbocycles. The number of benzene rings is 1. The summed E-state index contributed by atoms with van der Waals surface area (Å²) in [5.41, 5.74) is 3.03. The van der Waals surface area contributed by atoms with Crippen LogP contribution < -0.4 is 4.90 Å². The average Bonchev–Trinajstić information content (AvgIpc) is 3.10. The molecule has 25 heavy (non-hydrogen) atoms. The van der Waals surface area contributed by atoms with Gasteiger partial charge in [-0.1, -0.05) is 30.3 Å². The van der Waals surface area contributed by atoms with Crippen molar-refractivity contribution in [2.45, 2.75) is 6.54 Å². The number of fused-ring (bicyclic) bond motifs is 1. The van der Waals surface area contributed by atoms with Crippen LogP contribution in [0.5, 0.6) is 0 Å². The van der Waals surface area contributed by atoms with E-state index in [1.807, 2.05) is 65.2 Å². The van der Waals surface area contributed by atoms with Crippen LogP contribution in [0.3, 0.4) is 0 Å². The quantitative estimate of drug-likeness (QED) is 0.575. The molecular formula is C20H16N4O. The molecule has 0 aliphatic rings. The molecule has 0 N–H and O–H groups in total. The number of rotatable bonds is 4. The van der Waals surface area contributed by atoms with Gasteiger partial charge in [-0.05, 0) is 36.4 Å². The predicted octanol–water partition coefficient (Wildman–Crippen LogP) is 3.58. The van der Waals surface area contributed by atoms with Crippen LogP contribution in [0.2, 0.25) is 0 Å². The van der Waals surface area contributed by atoms with E-state index in [0.717, 1.165) is 17.0 Å². The molecule has 3 heterocycles. The van der Waals surface area contributed by atoms with Gasteiger partial charge >= 0.3 is 0 Å². The molecule has 0 saturated heterocycles. The number of hydrogen-bond acceptors (Lipinski definition) is 3. The highest BCUT2D eigenvalue weighted by atomic mass is 16.2. The molecule has 122 valence electrons. The van der Waals surface area contributed by atoms with E-state index in [2.05, 4.69) is 9.97 Å². The minimum Gasteiger partial charge on any atom is -0.302 e. The Morgan fingerprint density at radius 1 is 0.920 bits per heavy atom. The molecule has 4 rings (SSSR count). The van der Waals surface area contributed by atoms with Crippen LogP contribution in [0.15, 0.2) is 85.3 Å². The summed E-state index contributed by atoms with van der Waals surface area (Å²) in [6.07, 6.45) is 5.38. The van der Waals surface area contributed by atoms with Gasteiger partial charge in [-0.3, -0.25) is 9.78 Å². The lowest BCUT2D eigenvalue weighted by Gasteiger charge is -2.22. The molecule has 0 saturated carbocycles. The van der Waals surface area contributed by atoms with Crippen molar-refractivity contribution in [3.63, 3.8) is 0 Å². The van der Waals surface area contributed by atoms with Crippen LogP contribution in [-0.4, -0.2) is 20.3 Å². The Morgan fingerprint density at radius 2 is 1.72 bits per heavy atom. The Bertz CT molecular complexity index is 996. The first kappa shape index (κ1) is 15.1. The standard InChI is InChI=1S/C20H16N4O/c25-20(18-10-4-6-12-21-18)24(16-8-2-1-3-9-16)15-17-14-22-19-11-5-7-13-23(17)19/h1-14H,15H2. The lowest BCUT2D eigenvalue weighted by Crippen LogP contribution is -2.31. The minimum absolute atomic E-state index is 0.141. The van der Waals surface area contributed by atoms with E-state index >= 15 is 0 Å². The molecule has 0 aliphatic heterocycles. The Kier molecular flexibility index (Phi) is 3.96. The summed E-state index contributed by atoms with van der Waals surface area (Å²) in [5.74, 6) is -0.141. The number of carbonyl (C=O) groups excluding carboxylic acids is 1. The second-order valence-electron chi connectivity index (χ2n) is 5.62. The van der Waals surface area contributed by atoms with Gasteiger partial charge in [0.05, 0.1) is 18.4 Å². The summed E-state index contributed by atoms with van der Waals surface area (Å²) in [4.78, 5) is 23.4. The average molecular weight is 328 g/mol. The van der Waals surface area contributed by atoms with Crippen molar-refractivity contribution >= 4 is 17.2 Å². The summed E-state index contributed by atoms with van der Waals surface area (Å²) in [6, 6.07) is 20.8. The van der Waals surface area contributed by atoms with Gasteiger partial charge in [-0.15, -0.1) is 0 Å². The number of imidazole rings is 1. The van der Waals surface area contributed by atoms with Crippen molar-refractivity contribution in [1.82, 2.24) is 14.4 Å². The van der Waals surface area contributed by atoms with Crippen molar-refractivity contribution in [1.29, 1.82) is 0 Å². The molecule has 5 heteroatoms. The summed E-state index contributed by atoms with van der Waals surface area (Å²) >= 11 is 0. The zero-order chi connectivity index (χ0) is 17.1. The molecule has 1 amide bonds. The number of hydrogen-bond donors (Lipinski definition) is 0. The van der Waals surface area contributed by atoms with E-state index in [1.165, 1.54) is 0 Å². The third-order valence-corrected chi connectivity index (χ3v) is 4.01. The monoisotopic (exact) mass is 328 g/mol. The Balaban J connectivity index is 1.74. The fourth-order valence-corrected chi connectivity index (χ4v) is 2.78. The van der Waals surface area contributed by atoms with Crippen molar-refractivity contribution in [2.75, 3.05) is 4.90 Å². The summed E-state index contributed by atoms with van der Waals surface area (Å²) in [7, 11) is 0. The highest BCUT2D eigenvalue weighted by Gasteiger charge is 2.20. The first-order valence-electron chi connectivity index (χ1n) is 8.02. The molecule has 5 nitrogen and oxygen atoms in total. The lowest BCUT2D eigenvalue weighted by molar-refractivity contribution is 0.0980. The van der Waals surface area contributed by atoms with Crippen LogP contribution in [0, 0.1) is 0 Å². The molecular weight excluding hydrogens is 312 g/mol. The summed E-state index contributed by atoms with van der Waals surface area (Å²) in [6.45, 7) is 0.407. The van der Waals surface area contributed by atoms with Crippen LogP contribution in [-0.2, 0) is 6.54 Å². The highest BCUT2D eigenvalue weighted by molar-refractivity contribution is 6.04. The fourth-order valence-electron chi connectivity index (χ4n) is 2.78. The number of pyridine rings is 2. The predicted molar refractivity (Wildman–Crippen MR) is 96.4 cm³/mol. The number of para-hydroxylation sites is 1. The fraction of sp³-hybridized carbons (Fsp3) is 0.0500. The van der Waals surface area contributed by atoms with Gasteiger partial charge in [-0.2, -0.15) is 0 Å². The largest absolute Gasteiger partial charge is 0.302 e. The van der Waals surface area contributed by atoms with Crippen molar-refractivity contribution in [2.24, 2.45) is 0 Å². The van der Waals surface area contributed by atoms with Gasteiger partial charge < -0.3 is 9.30 Å². The van der Waals surface area contributed by atoms with Gasteiger partial charge in [0.15, 0.2) is 0 Å². The molecule has 3 aromatic heterocycles. The second kappa shape index (κ2) is 6.57. The zero-order valence-corrected chi connectivity index (χ0v) is 13.5. The Labute approximate surface area is 145 Å². The maximum absolute atomic E-state index is 13.0. The zero-order valence-electron chi connectivity index (χ0n) is 13.5. The van der Waals surface area contributed by atoms with Crippen molar-refractivity contribution in [3.05, 3.63) is 96.7 Å². The number of amides is 1. The number of carbonyl (C=O) groups is 1. The molecule has 0 unspecified atom stereocenters. The summed E-state index contributed by atoms with van der Waals surface area (Å²) < 4.78 is 1.99. The van der Waals surface area contributed by atoms with Crippen LogP contribution in [0.1, 0.15) is 16.2 Å². The van der Waals surface area contributed by atoms with Crippen LogP contribution >= 0.6 is 0 Å². The number of anilines is 1. The van der Waals surface area contributed by atoms with E-state index in [4.69, 9.17) is 0 Å². The minimum atomic E-state index is -0.141. The van der Waals surface area contributed by atoms with Crippen LogP contribution in [0.4, 0.5) is 5.69 Å². The highest BCUT2D eigenvalue weighted by Crippen LogP contribution is 2.20. The van der Waals surface area contributed by atoms with E-state index < -0.39 is 0 Å². The molecule has 4 aromatic rings. The first-order valence-corrected chi connectivity index (χ1v) is 8.02. The van der Waals surface area contributed by atoms with E-state index in [9.17, 15) is 4.79 Å². The number of nitrogens with zero attached hydrogens (tertiary/aromatic N) is 4. The molecule has 0 fully saturated rings. The molecule has 0 atom stereocenters. The first-order chi connectivity index (χ1) is 12.3. The van der Waals surface area contributed by atoms with Gasteiger partial charge in [0.2, 0.25) is 0 Å². The van der Waals surface area contributed by atoms with Gasteiger partial charge in [-0.25, -0.2) is 4.98 Å². The maximum Gasteiger partial charge on any atom is 0.277 e. The van der Waals surface area contributed by atoms with Gasteiger partial charge in [0.1, 0.15) is 11.3 Å². The van der Waals surface area contributed by atoms with Gasteiger partial charge in [0.25, 0.3) is 5.91 Å². The van der Waals surface area contributed by atoms with Crippen molar-refractivity contribution < 1.29 is 4.79 Å². The van der Waals surface area contributed by atoms with E-state index in [0.29, 0.717) is 12.2 Å².